The van der Waals surface area contributed by atoms with Gasteiger partial charge in [0.2, 0.25) is 0 Å². The number of fused-ring (bicyclic) bond motifs is 2. The summed E-state index contributed by atoms with van der Waals surface area (Å²) in [7, 11) is 0. The van der Waals surface area contributed by atoms with Gasteiger partial charge in [0.1, 0.15) is 18.0 Å². The molecular formula is C47H62N6O2. The molecule has 3 aliphatic rings. The summed E-state index contributed by atoms with van der Waals surface area (Å²) in [6, 6.07) is 28.0. The average Bonchev–Trinajstić information content (AvgIpc) is 3.69. The maximum Gasteiger partial charge on any atom is 0.120 e. The van der Waals surface area contributed by atoms with Gasteiger partial charge in [-0.25, -0.2) is 0 Å². The van der Waals surface area contributed by atoms with Crippen molar-refractivity contribution in [3.8, 4) is 17.6 Å². The van der Waals surface area contributed by atoms with E-state index in [1.54, 1.807) is 0 Å². The summed E-state index contributed by atoms with van der Waals surface area (Å²) in [5, 5.41) is 31.5. The first kappa shape index (κ1) is 40.3. The van der Waals surface area contributed by atoms with Gasteiger partial charge in [0.05, 0.1) is 30.5 Å². The predicted octanol–water partition coefficient (Wildman–Crippen LogP) is 11.2. The molecule has 8 heteroatoms. The fourth-order valence-electron chi connectivity index (χ4n) is 8.34. The maximum atomic E-state index is 8.61. The molecule has 0 radical (unpaired) electrons. The van der Waals surface area contributed by atoms with Crippen LogP contribution in [0, 0.1) is 34.0 Å². The molecule has 0 atom stereocenters. The van der Waals surface area contributed by atoms with E-state index in [9.17, 15) is 0 Å². The molecule has 1 heterocycles. The predicted molar refractivity (Wildman–Crippen MR) is 226 cm³/mol. The minimum atomic E-state index is 0.348. The lowest BCUT2D eigenvalue weighted by molar-refractivity contribution is 0.0881. The topological polar surface area (TPSA) is 103 Å². The fourth-order valence-corrected chi connectivity index (χ4v) is 8.34. The standard InChI is InChI=1S/C24H32N4O.C23H30N2O/c1-24(2,3)20-7-10-22(11-8-20)29-23-9-6-18-12-17(4-5-19(18)13-23)14-25-15-21-16-26-28-27-21;1-23(2,3)20-7-10-21(11-8-20)26-22-9-6-18-14-17(16-25-13-12-24)4-5-19(18)15-22/h4-6,9,12-13,20,22,25H,7-8,10-11,14-16H2,1-3H3;4-6,9,14-15,20-21,25H,7-8,10-11,13,16H2,1-3H3. The van der Waals surface area contributed by atoms with Gasteiger partial charge in [0.15, 0.2) is 0 Å². The molecule has 0 unspecified atom stereocenters. The Bertz CT molecular complexity index is 1970. The summed E-state index contributed by atoms with van der Waals surface area (Å²) in [5.74, 6) is 3.60. The summed E-state index contributed by atoms with van der Waals surface area (Å²) in [6.07, 6.45) is 10.4. The van der Waals surface area contributed by atoms with Crippen molar-refractivity contribution in [2.45, 2.75) is 118 Å². The molecule has 2 N–H and O–H groups in total. The molecule has 292 valence electrons. The first-order valence-electron chi connectivity index (χ1n) is 20.5. The van der Waals surface area contributed by atoms with Gasteiger partial charge in [-0.2, -0.15) is 10.4 Å². The molecular weight excluding hydrogens is 681 g/mol. The second kappa shape index (κ2) is 18.5. The van der Waals surface area contributed by atoms with Crippen LogP contribution in [-0.2, 0) is 13.1 Å². The summed E-state index contributed by atoms with van der Waals surface area (Å²) in [4.78, 5) is 0. The molecule has 0 spiro atoms. The van der Waals surface area contributed by atoms with E-state index >= 15 is 0 Å². The Kier molecular flexibility index (Phi) is 13.6. The van der Waals surface area contributed by atoms with Gasteiger partial charge in [-0.15, -0.1) is 5.10 Å². The molecule has 4 aromatic carbocycles. The van der Waals surface area contributed by atoms with Crippen LogP contribution in [0.25, 0.3) is 21.5 Å². The molecule has 0 aromatic heterocycles. The summed E-state index contributed by atoms with van der Waals surface area (Å²) in [5.41, 5.74) is 4.27. The van der Waals surface area contributed by atoms with Gasteiger partial charge in [0.25, 0.3) is 0 Å². The first-order chi connectivity index (χ1) is 26.4. The number of nitrogens with one attached hydrogen (secondary N) is 2. The molecule has 8 nitrogen and oxygen atoms in total. The number of ether oxygens (including phenoxy) is 2. The fraction of sp³-hybridized carbons (Fsp3) is 0.532. The molecule has 55 heavy (non-hydrogen) atoms. The van der Waals surface area contributed by atoms with E-state index in [0.717, 1.165) is 74.4 Å². The van der Waals surface area contributed by atoms with Crippen LogP contribution in [0.2, 0.25) is 0 Å². The van der Waals surface area contributed by atoms with Crippen LogP contribution in [-0.4, -0.2) is 37.6 Å². The maximum absolute atomic E-state index is 8.61. The van der Waals surface area contributed by atoms with Crippen LogP contribution >= 0.6 is 0 Å². The highest BCUT2D eigenvalue weighted by Crippen LogP contribution is 2.40. The van der Waals surface area contributed by atoms with Crippen LogP contribution in [0.1, 0.15) is 104 Å². The zero-order valence-electron chi connectivity index (χ0n) is 34.0. The minimum Gasteiger partial charge on any atom is -0.490 e. The Morgan fingerprint density at radius 2 is 1.05 bits per heavy atom. The smallest absolute Gasteiger partial charge is 0.120 e. The van der Waals surface area contributed by atoms with Crippen molar-refractivity contribution < 1.29 is 9.47 Å². The van der Waals surface area contributed by atoms with Gasteiger partial charge < -0.3 is 20.1 Å². The van der Waals surface area contributed by atoms with E-state index in [4.69, 9.17) is 14.7 Å². The highest BCUT2D eigenvalue weighted by molar-refractivity contribution is 5.89. The number of rotatable bonds is 11. The Morgan fingerprint density at radius 3 is 1.49 bits per heavy atom. The molecule has 2 saturated carbocycles. The van der Waals surface area contributed by atoms with Gasteiger partial charge >= 0.3 is 0 Å². The molecule has 7 rings (SSSR count). The number of nitrogens with zero attached hydrogens (tertiary/aromatic N) is 4. The largest absolute Gasteiger partial charge is 0.490 e. The molecule has 0 amide bonds. The third-order valence-electron chi connectivity index (χ3n) is 11.8. The quantitative estimate of drug-likeness (QED) is 0.118. The van der Waals surface area contributed by atoms with Crippen molar-refractivity contribution in [2.75, 3.05) is 19.6 Å². The molecule has 2 fully saturated rings. The Hall–Kier alpha value is -4.32. The number of nitriles is 1. The van der Waals surface area contributed by atoms with Crippen LogP contribution in [0.4, 0.5) is 0 Å². The minimum absolute atomic E-state index is 0.348. The number of hydrogen-bond donors (Lipinski definition) is 2. The van der Waals surface area contributed by atoms with Crippen LogP contribution in [0.5, 0.6) is 11.5 Å². The normalized spacial score (nSPS) is 21.4. The van der Waals surface area contributed by atoms with Gasteiger partial charge in [-0.1, -0.05) is 77.9 Å². The highest BCUT2D eigenvalue weighted by Gasteiger charge is 2.31. The molecule has 0 bridgehead atoms. The average molecular weight is 743 g/mol. The Morgan fingerprint density at radius 1 is 0.600 bits per heavy atom. The highest BCUT2D eigenvalue weighted by atomic mass is 16.5. The first-order valence-corrected chi connectivity index (χ1v) is 20.5. The zero-order valence-corrected chi connectivity index (χ0v) is 34.0. The number of benzene rings is 4. The van der Waals surface area contributed by atoms with Gasteiger partial charge in [-0.05, 0) is 148 Å². The van der Waals surface area contributed by atoms with E-state index in [0.29, 0.717) is 36.1 Å². The van der Waals surface area contributed by atoms with E-state index in [-0.39, 0.29) is 0 Å². The van der Waals surface area contributed by atoms with Crippen LogP contribution in [0.3, 0.4) is 0 Å². The van der Waals surface area contributed by atoms with Gasteiger partial charge in [0, 0.05) is 19.6 Å². The van der Waals surface area contributed by atoms with E-state index in [2.05, 4.69) is 146 Å². The van der Waals surface area contributed by atoms with Crippen molar-refractivity contribution in [1.29, 1.82) is 5.26 Å². The summed E-state index contributed by atoms with van der Waals surface area (Å²) < 4.78 is 12.6. The molecule has 2 aliphatic carbocycles. The van der Waals surface area contributed by atoms with Crippen molar-refractivity contribution in [1.82, 2.24) is 10.6 Å². The second-order valence-electron chi connectivity index (χ2n) is 18.0. The summed E-state index contributed by atoms with van der Waals surface area (Å²) >= 11 is 0. The van der Waals surface area contributed by atoms with E-state index in [1.807, 2.05) is 0 Å². The number of hydrogen-bond acceptors (Lipinski definition) is 8. The van der Waals surface area contributed by atoms with Gasteiger partial charge in [-0.3, -0.25) is 0 Å². The third-order valence-corrected chi connectivity index (χ3v) is 11.8. The lowest BCUT2D eigenvalue weighted by atomic mass is 9.72. The summed E-state index contributed by atoms with van der Waals surface area (Å²) in [6.45, 7) is 17.4. The lowest BCUT2D eigenvalue weighted by Gasteiger charge is -2.37. The molecule has 0 saturated heterocycles. The van der Waals surface area contributed by atoms with Crippen LogP contribution in [0.15, 0.2) is 88.2 Å². The zero-order chi connectivity index (χ0) is 38.8. The van der Waals surface area contributed by atoms with E-state index < -0.39 is 0 Å². The van der Waals surface area contributed by atoms with E-state index in [1.165, 1.54) is 58.4 Å². The van der Waals surface area contributed by atoms with Crippen molar-refractivity contribution in [3.63, 3.8) is 0 Å². The van der Waals surface area contributed by atoms with Crippen molar-refractivity contribution in [2.24, 2.45) is 38.1 Å². The molecule has 1 aliphatic heterocycles. The monoisotopic (exact) mass is 742 g/mol. The lowest BCUT2D eigenvalue weighted by Crippen LogP contribution is -2.30. The Balaban J connectivity index is 0.000000188. The third kappa shape index (κ3) is 11.8. The SMILES string of the molecule is CC(C)(C)C1CCC(Oc2ccc3cc(CNCC#N)ccc3c2)CC1.CC(C)(C)C1CCC(Oc2ccc3cc(CNCC4=NN=NC4)ccc3c2)CC1. The van der Waals surface area contributed by atoms with Crippen LogP contribution < -0.4 is 20.1 Å². The second-order valence-corrected chi connectivity index (χ2v) is 18.0. The van der Waals surface area contributed by atoms with Crippen molar-refractivity contribution in [3.05, 3.63) is 83.9 Å². The van der Waals surface area contributed by atoms with Crippen molar-refractivity contribution >= 4 is 27.3 Å². The Labute approximate surface area is 329 Å². The molecule has 4 aromatic rings.